The third-order valence-electron chi connectivity index (χ3n) is 7.59. The largest absolute Gasteiger partial charge is 0.492 e. The first-order chi connectivity index (χ1) is 19.2. The van der Waals surface area contributed by atoms with Crippen molar-refractivity contribution in [3.63, 3.8) is 0 Å². The summed E-state index contributed by atoms with van der Waals surface area (Å²) in [7, 11) is 0. The summed E-state index contributed by atoms with van der Waals surface area (Å²) in [5.74, 6) is 0.516. The van der Waals surface area contributed by atoms with Crippen LogP contribution >= 0.6 is 0 Å². The monoisotopic (exact) mass is 543 g/mol. The van der Waals surface area contributed by atoms with Crippen LogP contribution in [0.1, 0.15) is 66.7 Å². The molecule has 1 atom stereocenters. The van der Waals surface area contributed by atoms with Crippen molar-refractivity contribution in [3.8, 4) is 5.75 Å². The zero-order valence-electron chi connectivity index (χ0n) is 24.4. The highest BCUT2D eigenvalue weighted by molar-refractivity contribution is 6.10. The van der Waals surface area contributed by atoms with Crippen LogP contribution in [0.2, 0.25) is 0 Å². The van der Waals surface area contributed by atoms with E-state index in [9.17, 15) is 9.59 Å². The van der Waals surface area contributed by atoms with Gasteiger partial charge in [0.25, 0.3) is 0 Å². The first-order valence-electron chi connectivity index (χ1n) is 14.2. The van der Waals surface area contributed by atoms with Crippen LogP contribution in [0, 0.1) is 6.92 Å². The Balaban J connectivity index is 1.42. The number of carbonyl (C=O) groups is 2. The number of carbonyl (C=O) groups excluding carboxylic acids is 2. The molecule has 0 bridgehead atoms. The van der Waals surface area contributed by atoms with Gasteiger partial charge >= 0.3 is 5.97 Å². The summed E-state index contributed by atoms with van der Waals surface area (Å²) in [5.41, 5.74) is 5.82. The van der Waals surface area contributed by atoms with Crippen LogP contribution in [0.5, 0.6) is 5.75 Å². The number of rotatable bonds is 12. The van der Waals surface area contributed by atoms with Crippen molar-refractivity contribution in [2.24, 2.45) is 0 Å². The van der Waals surface area contributed by atoms with Crippen LogP contribution in [0.25, 0.3) is 0 Å². The molecule has 1 aliphatic rings. The van der Waals surface area contributed by atoms with Gasteiger partial charge < -0.3 is 19.1 Å². The molecule has 1 unspecified atom stereocenters. The van der Waals surface area contributed by atoms with Crippen molar-refractivity contribution in [3.05, 3.63) is 94.5 Å². The van der Waals surface area contributed by atoms with Gasteiger partial charge in [-0.3, -0.25) is 4.79 Å². The lowest BCUT2D eigenvalue weighted by molar-refractivity contribution is -0.156. The Morgan fingerprint density at radius 3 is 2.38 bits per heavy atom. The summed E-state index contributed by atoms with van der Waals surface area (Å²) >= 11 is 0. The molecule has 3 aromatic carbocycles. The average molecular weight is 544 g/mol. The van der Waals surface area contributed by atoms with Crippen molar-refractivity contribution < 1.29 is 23.8 Å². The van der Waals surface area contributed by atoms with Gasteiger partial charge in [0, 0.05) is 36.4 Å². The summed E-state index contributed by atoms with van der Waals surface area (Å²) in [6.45, 7) is 13.2. The second-order valence-corrected chi connectivity index (χ2v) is 10.9. The number of hydrogen-bond donors (Lipinski definition) is 0. The molecule has 6 heteroatoms. The topological polar surface area (TPSA) is 65.1 Å². The second kappa shape index (κ2) is 13.1. The summed E-state index contributed by atoms with van der Waals surface area (Å²) < 4.78 is 16.8. The maximum Gasteiger partial charge on any atom is 0.335 e. The fourth-order valence-corrected chi connectivity index (χ4v) is 5.24. The number of anilines is 1. The number of fused-ring (bicyclic) bond motifs is 1. The van der Waals surface area contributed by atoms with E-state index in [0.29, 0.717) is 31.8 Å². The Hall–Kier alpha value is -3.64. The van der Waals surface area contributed by atoms with Crippen molar-refractivity contribution >= 4 is 17.4 Å². The van der Waals surface area contributed by atoms with E-state index in [4.69, 9.17) is 14.2 Å². The summed E-state index contributed by atoms with van der Waals surface area (Å²) in [4.78, 5) is 27.8. The first-order valence-corrected chi connectivity index (χ1v) is 14.2. The Kier molecular flexibility index (Phi) is 9.64. The minimum absolute atomic E-state index is 0.0230. The molecule has 0 spiro atoms. The molecule has 0 saturated carbocycles. The lowest BCUT2D eigenvalue weighted by Gasteiger charge is -2.41. The van der Waals surface area contributed by atoms with Gasteiger partial charge in [0.2, 0.25) is 0 Å². The Morgan fingerprint density at radius 2 is 1.70 bits per heavy atom. The fourth-order valence-electron chi connectivity index (χ4n) is 5.24. The summed E-state index contributed by atoms with van der Waals surface area (Å²) in [6, 6.07) is 21.6. The minimum atomic E-state index is -0.605. The molecule has 4 rings (SSSR count). The van der Waals surface area contributed by atoms with E-state index in [-0.39, 0.29) is 17.2 Å². The van der Waals surface area contributed by atoms with Gasteiger partial charge in [0.15, 0.2) is 11.9 Å². The van der Waals surface area contributed by atoms with Crippen LogP contribution in [0.15, 0.2) is 66.7 Å². The van der Waals surface area contributed by atoms with Crippen LogP contribution in [0.4, 0.5) is 5.69 Å². The van der Waals surface area contributed by atoms with E-state index in [2.05, 4.69) is 30.9 Å². The zero-order valence-corrected chi connectivity index (χ0v) is 24.4. The number of ether oxygens (including phenoxy) is 3. The Bertz CT molecular complexity index is 1300. The molecular weight excluding hydrogens is 502 g/mol. The second-order valence-electron chi connectivity index (χ2n) is 10.9. The molecule has 212 valence electrons. The number of benzene rings is 3. The van der Waals surface area contributed by atoms with Gasteiger partial charge in [-0.15, -0.1) is 0 Å². The standard InChI is InChI=1S/C34H41NO5/c1-6-38-31(33(37)39-7-2)22-25-13-15-27(16-14-25)40-20-19-35-18-17-34(4,5)29-23-28(24(3)21-30(29)35)32(36)26-11-9-8-10-12-26/h8-16,21,23,31H,6-7,17-20,22H2,1-5H3. The molecule has 3 aromatic rings. The fraction of sp³-hybridized carbons (Fsp3) is 0.412. The lowest BCUT2D eigenvalue weighted by atomic mass is 9.76. The predicted octanol–water partition coefficient (Wildman–Crippen LogP) is 6.30. The average Bonchev–Trinajstić information content (AvgIpc) is 2.95. The van der Waals surface area contributed by atoms with E-state index in [1.54, 1.807) is 6.92 Å². The maximum atomic E-state index is 13.3. The maximum absolute atomic E-state index is 13.3. The number of esters is 1. The minimum Gasteiger partial charge on any atom is -0.492 e. The SMILES string of the molecule is CCOC(=O)C(Cc1ccc(OCCN2CCC(C)(C)c3cc(C(=O)c4ccccc4)c(C)cc32)cc1)OCC. The Labute approximate surface area is 238 Å². The Morgan fingerprint density at radius 1 is 0.975 bits per heavy atom. The van der Waals surface area contributed by atoms with Gasteiger partial charge in [-0.2, -0.15) is 0 Å². The lowest BCUT2D eigenvalue weighted by Crippen LogP contribution is -2.39. The van der Waals surface area contributed by atoms with Gasteiger partial charge in [-0.25, -0.2) is 4.79 Å². The van der Waals surface area contributed by atoms with E-state index in [1.165, 1.54) is 11.3 Å². The number of nitrogens with zero attached hydrogens (tertiary/aromatic N) is 1. The molecule has 0 radical (unpaired) electrons. The number of ketones is 1. The molecule has 6 nitrogen and oxygen atoms in total. The van der Waals surface area contributed by atoms with Crippen molar-refractivity contribution in [2.75, 3.05) is 37.8 Å². The van der Waals surface area contributed by atoms with Gasteiger partial charge in [0.1, 0.15) is 12.4 Å². The van der Waals surface area contributed by atoms with Crippen LogP contribution in [-0.4, -0.2) is 50.8 Å². The van der Waals surface area contributed by atoms with Gasteiger partial charge in [-0.1, -0.05) is 56.3 Å². The summed E-state index contributed by atoms with van der Waals surface area (Å²) in [5, 5.41) is 0. The number of hydrogen-bond acceptors (Lipinski definition) is 6. The highest BCUT2D eigenvalue weighted by Crippen LogP contribution is 2.41. The van der Waals surface area contributed by atoms with E-state index < -0.39 is 6.10 Å². The van der Waals surface area contributed by atoms with Crippen LogP contribution in [0.3, 0.4) is 0 Å². The zero-order chi connectivity index (χ0) is 28.7. The van der Waals surface area contributed by atoms with Crippen molar-refractivity contribution in [2.45, 2.75) is 59.0 Å². The molecule has 40 heavy (non-hydrogen) atoms. The molecule has 0 fully saturated rings. The molecule has 0 N–H and O–H groups in total. The normalized spacial score (nSPS) is 14.8. The quantitative estimate of drug-likeness (QED) is 0.197. The third-order valence-corrected chi connectivity index (χ3v) is 7.59. The highest BCUT2D eigenvalue weighted by atomic mass is 16.6. The highest BCUT2D eigenvalue weighted by Gasteiger charge is 2.32. The first kappa shape index (κ1) is 29.3. The molecule has 1 aliphatic heterocycles. The van der Waals surface area contributed by atoms with Gasteiger partial charge in [-0.05, 0) is 73.6 Å². The molecule has 0 amide bonds. The number of aryl methyl sites for hydroxylation is 1. The van der Waals surface area contributed by atoms with Crippen LogP contribution in [-0.2, 0) is 26.1 Å². The van der Waals surface area contributed by atoms with Gasteiger partial charge in [0.05, 0.1) is 13.2 Å². The summed E-state index contributed by atoms with van der Waals surface area (Å²) in [6.07, 6.45) is 0.853. The van der Waals surface area contributed by atoms with Crippen LogP contribution < -0.4 is 9.64 Å². The predicted molar refractivity (Wildman–Crippen MR) is 159 cm³/mol. The van der Waals surface area contributed by atoms with E-state index >= 15 is 0 Å². The third kappa shape index (κ3) is 6.92. The molecule has 0 aliphatic carbocycles. The van der Waals surface area contributed by atoms with Crippen molar-refractivity contribution in [1.29, 1.82) is 0 Å². The van der Waals surface area contributed by atoms with Crippen molar-refractivity contribution in [1.82, 2.24) is 0 Å². The molecule has 0 aromatic heterocycles. The molecule has 1 heterocycles. The molecular formula is C34H41NO5. The van der Waals surface area contributed by atoms with E-state index in [0.717, 1.165) is 42.0 Å². The molecule has 0 saturated heterocycles. The smallest absolute Gasteiger partial charge is 0.335 e. The van der Waals surface area contributed by atoms with E-state index in [1.807, 2.05) is 68.4 Å².